The predicted molar refractivity (Wildman–Crippen MR) is 110 cm³/mol. The molecule has 6 nitrogen and oxygen atoms in total. The number of nitrogens with one attached hydrogen (secondary N) is 1. The third kappa shape index (κ3) is 3.49. The Kier molecular flexibility index (Phi) is 5.06. The van der Waals surface area contributed by atoms with E-state index in [1.54, 1.807) is 19.2 Å². The van der Waals surface area contributed by atoms with Crippen LogP contribution in [0.3, 0.4) is 0 Å². The Morgan fingerprint density at radius 1 is 1.29 bits per heavy atom. The van der Waals surface area contributed by atoms with Crippen LogP contribution in [-0.2, 0) is 4.79 Å². The number of fused-ring (bicyclic) bond motifs is 1. The standard InChI is InChI=1S/C21H23ClN4O2/c1-12-7-13(2)25-21(28)17(12)10-23-20(27)16-8-14(22)9-19-18(16)11-24-26(19)15-5-3-4-6-15/h7-9,11,15,17H,3-6,10H2,1-2H3,(H,23,27). The Bertz CT molecular complexity index is 1010. The highest BCUT2D eigenvalue weighted by Crippen LogP contribution is 2.33. The molecule has 1 aromatic heterocycles. The summed E-state index contributed by atoms with van der Waals surface area (Å²) >= 11 is 6.31. The van der Waals surface area contributed by atoms with Crippen LogP contribution in [0.25, 0.3) is 10.9 Å². The summed E-state index contributed by atoms with van der Waals surface area (Å²) in [5.74, 6) is -0.906. The van der Waals surface area contributed by atoms with Gasteiger partial charge in [0.15, 0.2) is 0 Å². The maximum absolute atomic E-state index is 12.9. The lowest BCUT2D eigenvalue weighted by atomic mass is 9.95. The van der Waals surface area contributed by atoms with E-state index in [0.717, 1.165) is 29.3 Å². The highest BCUT2D eigenvalue weighted by atomic mass is 35.5. The SMILES string of the molecule is CC1=CC(C)=NC(=O)C1CNC(=O)c1cc(Cl)cc2c1cnn2C1CCCC1. The molecule has 0 spiro atoms. The van der Waals surface area contributed by atoms with Gasteiger partial charge in [-0.3, -0.25) is 14.3 Å². The Morgan fingerprint density at radius 2 is 2.04 bits per heavy atom. The van der Waals surface area contributed by atoms with Gasteiger partial charge in [0.2, 0.25) is 0 Å². The van der Waals surface area contributed by atoms with Crippen LogP contribution in [0.15, 0.2) is 35.0 Å². The van der Waals surface area contributed by atoms with Crippen LogP contribution in [0.2, 0.25) is 5.02 Å². The normalized spacial score (nSPS) is 20.4. The van der Waals surface area contributed by atoms with Gasteiger partial charge in [0.05, 0.1) is 29.2 Å². The van der Waals surface area contributed by atoms with E-state index < -0.39 is 5.92 Å². The van der Waals surface area contributed by atoms with Crippen LogP contribution >= 0.6 is 11.6 Å². The first-order valence-corrected chi connectivity index (χ1v) is 10.0. The van der Waals surface area contributed by atoms with Crippen molar-refractivity contribution in [3.63, 3.8) is 0 Å². The van der Waals surface area contributed by atoms with Crippen molar-refractivity contribution >= 4 is 40.0 Å². The summed E-state index contributed by atoms with van der Waals surface area (Å²) in [6.07, 6.45) is 8.21. The first kappa shape index (κ1) is 18.9. The van der Waals surface area contributed by atoms with Crippen LogP contribution in [0.1, 0.15) is 55.9 Å². The van der Waals surface area contributed by atoms with E-state index in [1.807, 2.05) is 23.7 Å². The number of carbonyl (C=O) groups is 2. The number of carbonyl (C=O) groups excluding carboxylic acids is 2. The number of nitrogens with zero attached hydrogens (tertiary/aromatic N) is 3. The van der Waals surface area contributed by atoms with E-state index in [2.05, 4.69) is 15.4 Å². The molecule has 146 valence electrons. The topological polar surface area (TPSA) is 76.3 Å². The fraction of sp³-hybridized carbons (Fsp3) is 0.429. The molecule has 0 bridgehead atoms. The van der Waals surface area contributed by atoms with Gasteiger partial charge in [-0.05, 0) is 44.9 Å². The zero-order valence-corrected chi connectivity index (χ0v) is 16.8. The fourth-order valence-electron chi connectivity index (χ4n) is 4.19. The molecule has 1 aliphatic carbocycles. The Hall–Kier alpha value is -2.47. The van der Waals surface area contributed by atoms with E-state index in [1.165, 1.54) is 12.8 Å². The molecular weight excluding hydrogens is 376 g/mol. The zero-order chi connectivity index (χ0) is 19.8. The van der Waals surface area contributed by atoms with Gasteiger partial charge in [-0.25, -0.2) is 4.99 Å². The van der Waals surface area contributed by atoms with Gasteiger partial charge in [0.1, 0.15) is 0 Å². The van der Waals surface area contributed by atoms with E-state index >= 15 is 0 Å². The highest BCUT2D eigenvalue weighted by Gasteiger charge is 2.26. The van der Waals surface area contributed by atoms with Crippen molar-refractivity contribution in [3.8, 4) is 0 Å². The van der Waals surface area contributed by atoms with Crippen LogP contribution in [0.5, 0.6) is 0 Å². The Morgan fingerprint density at radius 3 is 2.75 bits per heavy atom. The summed E-state index contributed by atoms with van der Waals surface area (Å²) in [7, 11) is 0. The molecule has 0 radical (unpaired) electrons. The maximum atomic E-state index is 12.9. The zero-order valence-electron chi connectivity index (χ0n) is 16.0. The fourth-order valence-corrected chi connectivity index (χ4v) is 4.40. The van der Waals surface area contributed by atoms with E-state index in [4.69, 9.17) is 11.6 Å². The van der Waals surface area contributed by atoms with Crippen molar-refractivity contribution in [3.05, 3.63) is 40.6 Å². The predicted octanol–water partition coefficient (Wildman–Crippen LogP) is 4.10. The minimum Gasteiger partial charge on any atom is -0.351 e. The molecule has 1 saturated carbocycles. The number of allylic oxidation sites excluding steroid dienone is 1. The smallest absolute Gasteiger partial charge is 0.254 e. The van der Waals surface area contributed by atoms with E-state index in [9.17, 15) is 9.59 Å². The van der Waals surface area contributed by atoms with Crippen molar-refractivity contribution in [2.45, 2.75) is 45.6 Å². The van der Waals surface area contributed by atoms with Gasteiger partial charge in [0.25, 0.3) is 11.8 Å². The lowest BCUT2D eigenvalue weighted by Gasteiger charge is -2.19. The lowest BCUT2D eigenvalue weighted by Crippen LogP contribution is -2.34. The lowest BCUT2D eigenvalue weighted by molar-refractivity contribution is -0.120. The van der Waals surface area contributed by atoms with Crippen molar-refractivity contribution in [2.24, 2.45) is 10.9 Å². The third-order valence-corrected chi connectivity index (χ3v) is 5.85. The van der Waals surface area contributed by atoms with E-state index in [0.29, 0.717) is 22.3 Å². The molecule has 7 heteroatoms. The summed E-state index contributed by atoms with van der Waals surface area (Å²) in [6.45, 7) is 3.89. The maximum Gasteiger partial charge on any atom is 0.254 e. The minimum atomic E-state index is -0.427. The first-order valence-electron chi connectivity index (χ1n) is 9.66. The molecule has 2 amide bonds. The number of rotatable bonds is 4. The monoisotopic (exact) mass is 398 g/mol. The Balaban J connectivity index is 1.58. The average molecular weight is 399 g/mol. The molecular formula is C21H23ClN4O2. The Labute approximate surface area is 168 Å². The van der Waals surface area contributed by atoms with Gasteiger partial charge < -0.3 is 5.32 Å². The second-order valence-corrected chi connectivity index (χ2v) is 8.09. The van der Waals surface area contributed by atoms with Crippen LogP contribution < -0.4 is 5.32 Å². The molecule has 1 N–H and O–H groups in total. The number of hydrogen-bond donors (Lipinski definition) is 1. The molecule has 28 heavy (non-hydrogen) atoms. The molecule has 2 aromatic rings. The summed E-state index contributed by atoms with van der Waals surface area (Å²) in [4.78, 5) is 29.0. The molecule has 1 aliphatic heterocycles. The van der Waals surface area contributed by atoms with Gasteiger partial charge in [0, 0.05) is 22.7 Å². The van der Waals surface area contributed by atoms with Gasteiger partial charge in [-0.1, -0.05) is 30.0 Å². The van der Waals surface area contributed by atoms with Crippen LogP contribution in [-0.4, -0.2) is 33.9 Å². The minimum absolute atomic E-state index is 0.210. The van der Waals surface area contributed by atoms with Crippen LogP contribution in [0, 0.1) is 5.92 Å². The molecule has 0 saturated heterocycles. The summed E-state index contributed by atoms with van der Waals surface area (Å²) < 4.78 is 2.00. The number of benzene rings is 1. The number of amides is 2. The summed E-state index contributed by atoms with van der Waals surface area (Å²) in [5.41, 5.74) is 2.97. The van der Waals surface area contributed by atoms with Gasteiger partial charge in [-0.15, -0.1) is 0 Å². The van der Waals surface area contributed by atoms with Crippen molar-refractivity contribution in [2.75, 3.05) is 6.54 Å². The van der Waals surface area contributed by atoms with Gasteiger partial charge >= 0.3 is 0 Å². The number of aliphatic imine (C=N–C) groups is 1. The summed E-state index contributed by atoms with van der Waals surface area (Å²) in [6, 6.07) is 3.89. The molecule has 2 aliphatic rings. The van der Waals surface area contributed by atoms with Crippen molar-refractivity contribution in [1.82, 2.24) is 15.1 Å². The largest absolute Gasteiger partial charge is 0.351 e. The second kappa shape index (κ2) is 7.51. The van der Waals surface area contributed by atoms with Gasteiger partial charge in [-0.2, -0.15) is 5.10 Å². The molecule has 4 rings (SSSR count). The number of halogens is 1. The third-order valence-electron chi connectivity index (χ3n) is 5.63. The van der Waals surface area contributed by atoms with Crippen molar-refractivity contribution < 1.29 is 9.59 Å². The highest BCUT2D eigenvalue weighted by molar-refractivity contribution is 6.32. The van der Waals surface area contributed by atoms with Crippen molar-refractivity contribution in [1.29, 1.82) is 0 Å². The summed E-state index contributed by atoms with van der Waals surface area (Å²) in [5, 5.41) is 8.70. The average Bonchev–Trinajstić information content (AvgIpc) is 3.28. The quantitative estimate of drug-likeness (QED) is 0.842. The molecule has 2 heterocycles. The molecule has 1 aromatic carbocycles. The van der Waals surface area contributed by atoms with Crippen LogP contribution in [0.4, 0.5) is 0 Å². The molecule has 1 atom stereocenters. The second-order valence-electron chi connectivity index (χ2n) is 7.66. The first-order chi connectivity index (χ1) is 13.4. The number of aromatic nitrogens is 2. The molecule has 1 unspecified atom stereocenters. The molecule has 1 fully saturated rings. The number of hydrogen-bond acceptors (Lipinski definition) is 3. The van der Waals surface area contributed by atoms with E-state index in [-0.39, 0.29) is 18.4 Å². The number of dihydropyridines is 1.